The van der Waals surface area contributed by atoms with Gasteiger partial charge in [-0.2, -0.15) is 0 Å². The normalized spacial score (nSPS) is 25.2. The monoisotopic (exact) mass is 266 g/mol. The van der Waals surface area contributed by atoms with Gasteiger partial charge in [0.05, 0.1) is 12.1 Å². The standard InChI is InChI=1S/C15H23FN2O/c1-10(17)15(13-5-3-4-6-14(13)16)18-8-7-12(9-18)11(2)19/h3-6,10-12,15,19H,7-9,17H2,1-2H3. The molecule has 106 valence electrons. The van der Waals surface area contributed by atoms with Gasteiger partial charge >= 0.3 is 0 Å². The lowest BCUT2D eigenvalue weighted by Crippen LogP contribution is -2.39. The molecule has 0 aliphatic carbocycles. The number of nitrogens with zero attached hydrogens (tertiary/aromatic N) is 1. The van der Waals surface area contributed by atoms with Crippen LogP contribution < -0.4 is 5.73 Å². The molecule has 0 radical (unpaired) electrons. The van der Waals surface area contributed by atoms with Crippen LogP contribution in [0.1, 0.15) is 31.9 Å². The molecule has 1 aliphatic heterocycles. The third-order valence-corrected chi connectivity index (χ3v) is 4.05. The fraction of sp³-hybridized carbons (Fsp3) is 0.600. The van der Waals surface area contributed by atoms with Gasteiger partial charge in [-0.25, -0.2) is 4.39 Å². The average molecular weight is 266 g/mol. The summed E-state index contributed by atoms with van der Waals surface area (Å²) < 4.78 is 14.0. The van der Waals surface area contributed by atoms with Crippen LogP contribution in [-0.2, 0) is 0 Å². The zero-order chi connectivity index (χ0) is 14.0. The van der Waals surface area contributed by atoms with Gasteiger partial charge in [0, 0.05) is 18.2 Å². The van der Waals surface area contributed by atoms with E-state index < -0.39 is 0 Å². The van der Waals surface area contributed by atoms with E-state index in [0.717, 1.165) is 19.5 Å². The van der Waals surface area contributed by atoms with Crippen molar-refractivity contribution in [3.05, 3.63) is 35.6 Å². The summed E-state index contributed by atoms with van der Waals surface area (Å²) in [6.07, 6.45) is 0.620. The second-order valence-electron chi connectivity index (χ2n) is 5.61. The van der Waals surface area contributed by atoms with E-state index in [0.29, 0.717) is 5.56 Å². The summed E-state index contributed by atoms with van der Waals surface area (Å²) in [4.78, 5) is 2.19. The smallest absolute Gasteiger partial charge is 0.128 e. The van der Waals surface area contributed by atoms with Crippen molar-refractivity contribution in [2.24, 2.45) is 11.7 Å². The van der Waals surface area contributed by atoms with Gasteiger partial charge < -0.3 is 10.8 Å². The van der Waals surface area contributed by atoms with E-state index in [1.54, 1.807) is 12.1 Å². The number of hydrogen-bond donors (Lipinski definition) is 2. The highest BCUT2D eigenvalue weighted by Crippen LogP contribution is 2.32. The Balaban J connectivity index is 2.21. The molecule has 1 aromatic rings. The number of benzene rings is 1. The maximum atomic E-state index is 14.0. The second-order valence-corrected chi connectivity index (χ2v) is 5.61. The van der Waals surface area contributed by atoms with Crippen molar-refractivity contribution in [1.29, 1.82) is 0 Å². The van der Waals surface area contributed by atoms with Gasteiger partial charge in [-0.05, 0) is 38.8 Å². The van der Waals surface area contributed by atoms with E-state index in [-0.39, 0.29) is 29.9 Å². The van der Waals surface area contributed by atoms with Crippen molar-refractivity contribution in [2.75, 3.05) is 13.1 Å². The van der Waals surface area contributed by atoms with Crippen molar-refractivity contribution in [2.45, 2.75) is 38.5 Å². The first-order valence-electron chi connectivity index (χ1n) is 6.93. The minimum absolute atomic E-state index is 0.120. The Hall–Kier alpha value is -0.970. The number of aliphatic hydroxyl groups is 1. The van der Waals surface area contributed by atoms with Crippen LogP contribution in [0.25, 0.3) is 0 Å². The molecule has 0 amide bonds. The molecule has 1 heterocycles. The molecule has 0 saturated carbocycles. The zero-order valence-corrected chi connectivity index (χ0v) is 11.6. The van der Waals surface area contributed by atoms with Crippen molar-refractivity contribution in [1.82, 2.24) is 4.90 Å². The first kappa shape index (κ1) is 14.4. The maximum absolute atomic E-state index is 14.0. The molecule has 2 rings (SSSR count). The van der Waals surface area contributed by atoms with Crippen molar-refractivity contribution < 1.29 is 9.50 Å². The Bertz CT molecular complexity index is 422. The summed E-state index contributed by atoms with van der Waals surface area (Å²) >= 11 is 0. The van der Waals surface area contributed by atoms with E-state index in [4.69, 9.17) is 5.73 Å². The lowest BCUT2D eigenvalue weighted by molar-refractivity contribution is 0.119. The van der Waals surface area contributed by atoms with Crippen molar-refractivity contribution in [3.8, 4) is 0 Å². The van der Waals surface area contributed by atoms with Crippen LogP contribution in [0.3, 0.4) is 0 Å². The van der Waals surface area contributed by atoms with E-state index in [9.17, 15) is 9.50 Å². The molecule has 4 heteroatoms. The highest BCUT2D eigenvalue weighted by atomic mass is 19.1. The van der Waals surface area contributed by atoms with Crippen molar-refractivity contribution >= 4 is 0 Å². The van der Waals surface area contributed by atoms with E-state index in [1.807, 2.05) is 19.9 Å². The number of likely N-dealkylation sites (tertiary alicyclic amines) is 1. The molecule has 0 bridgehead atoms. The molecule has 0 aromatic heterocycles. The van der Waals surface area contributed by atoms with Gasteiger partial charge in [0.1, 0.15) is 5.82 Å². The van der Waals surface area contributed by atoms with Gasteiger partial charge in [-0.3, -0.25) is 4.90 Å². The number of hydrogen-bond acceptors (Lipinski definition) is 3. The van der Waals surface area contributed by atoms with Gasteiger partial charge in [0.2, 0.25) is 0 Å². The molecular weight excluding hydrogens is 243 g/mol. The average Bonchev–Trinajstić information content (AvgIpc) is 2.81. The van der Waals surface area contributed by atoms with Crippen molar-refractivity contribution in [3.63, 3.8) is 0 Å². The highest BCUT2D eigenvalue weighted by Gasteiger charge is 2.34. The quantitative estimate of drug-likeness (QED) is 0.875. The predicted molar refractivity (Wildman–Crippen MR) is 74.2 cm³/mol. The maximum Gasteiger partial charge on any atom is 0.128 e. The van der Waals surface area contributed by atoms with Crippen LogP contribution in [-0.4, -0.2) is 35.2 Å². The molecule has 1 saturated heterocycles. The molecule has 3 N–H and O–H groups in total. The Morgan fingerprint density at radius 3 is 2.58 bits per heavy atom. The molecule has 19 heavy (non-hydrogen) atoms. The number of aliphatic hydroxyl groups excluding tert-OH is 1. The summed E-state index contributed by atoms with van der Waals surface area (Å²) in [6, 6.07) is 6.55. The van der Waals surface area contributed by atoms with Gasteiger partial charge in [0.25, 0.3) is 0 Å². The van der Waals surface area contributed by atoms with Gasteiger partial charge in [0.15, 0.2) is 0 Å². The van der Waals surface area contributed by atoms with Crippen LogP contribution >= 0.6 is 0 Å². The van der Waals surface area contributed by atoms with Crippen LogP contribution in [0.15, 0.2) is 24.3 Å². The SMILES string of the molecule is CC(N)C(c1ccccc1F)N1CCC(C(C)O)C1. The largest absolute Gasteiger partial charge is 0.393 e. The number of halogens is 1. The molecule has 4 unspecified atom stereocenters. The van der Waals surface area contributed by atoms with Crippen LogP contribution in [0.5, 0.6) is 0 Å². The Kier molecular flexibility index (Phi) is 4.55. The zero-order valence-electron chi connectivity index (χ0n) is 11.6. The third kappa shape index (κ3) is 3.14. The summed E-state index contributed by atoms with van der Waals surface area (Å²) in [5.41, 5.74) is 6.72. The lowest BCUT2D eigenvalue weighted by atomic mass is 9.98. The summed E-state index contributed by atoms with van der Waals surface area (Å²) in [5.74, 6) is 0.0540. The van der Waals surface area contributed by atoms with Crippen LogP contribution in [0.2, 0.25) is 0 Å². The van der Waals surface area contributed by atoms with E-state index in [1.165, 1.54) is 6.07 Å². The number of rotatable bonds is 4. The van der Waals surface area contributed by atoms with Gasteiger partial charge in [-0.1, -0.05) is 18.2 Å². The Morgan fingerprint density at radius 2 is 2.05 bits per heavy atom. The lowest BCUT2D eigenvalue weighted by Gasteiger charge is -2.31. The predicted octanol–water partition coefficient (Wildman–Crippen LogP) is 1.92. The van der Waals surface area contributed by atoms with Crippen LogP contribution in [0, 0.1) is 11.7 Å². The molecular formula is C15H23FN2O. The van der Waals surface area contributed by atoms with Gasteiger partial charge in [-0.15, -0.1) is 0 Å². The highest BCUT2D eigenvalue weighted by molar-refractivity contribution is 5.23. The molecule has 4 atom stereocenters. The minimum Gasteiger partial charge on any atom is -0.393 e. The molecule has 1 fully saturated rings. The fourth-order valence-electron chi connectivity index (χ4n) is 2.99. The third-order valence-electron chi connectivity index (χ3n) is 4.05. The van der Waals surface area contributed by atoms with E-state index in [2.05, 4.69) is 4.90 Å². The first-order chi connectivity index (χ1) is 9.00. The molecule has 0 spiro atoms. The minimum atomic E-state index is -0.320. The number of nitrogens with two attached hydrogens (primary N) is 1. The Labute approximate surface area is 114 Å². The topological polar surface area (TPSA) is 49.5 Å². The second kappa shape index (κ2) is 5.99. The summed E-state index contributed by atoms with van der Waals surface area (Å²) in [7, 11) is 0. The summed E-state index contributed by atoms with van der Waals surface area (Å²) in [5, 5.41) is 9.68. The molecule has 1 aliphatic rings. The fourth-order valence-corrected chi connectivity index (χ4v) is 2.99. The van der Waals surface area contributed by atoms with E-state index >= 15 is 0 Å². The van der Waals surface area contributed by atoms with Crippen LogP contribution in [0.4, 0.5) is 4.39 Å². The first-order valence-corrected chi connectivity index (χ1v) is 6.93. The summed E-state index contributed by atoms with van der Waals surface area (Å²) in [6.45, 7) is 5.36. The molecule has 3 nitrogen and oxygen atoms in total. The molecule has 1 aromatic carbocycles. The Morgan fingerprint density at radius 1 is 1.37 bits per heavy atom.